The van der Waals surface area contributed by atoms with Crippen molar-refractivity contribution in [2.75, 3.05) is 0 Å². The quantitative estimate of drug-likeness (QED) is 0.241. The highest BCUT2D eigenvalue weighted by atomic mass is 24.3. The summed E-state index contributed by atoms with van der Waals surface area (Å²) in [6.07, 6.45) is -1.69. The van der Waals surface area contributed by atoms with Gasteiger partial charge in [0.25, 0.3) is 0 Å². The normalized spacial score (nSPS) is 5.50. The average molecular weight is 104 g/mol. The van der Waals surface area contributed by atoms with Gasteiger partial charge in [-0.1, -0.05) is 0 Å². The Morgan fingerprint density at radius 3 is 1.83 bits per heavy atom. The molecule has 0 aliphatic carbocycles. The van der Waals surface area contributed by atoms with Crippen LogP contribution in [0.3, 0.4) is 0 Å². The fourth-order valence-electron chi connectivity index (χ4n) is 0. The molecule has 0 bridgehead atoms. The van der Waals surface area contributed by atoms with Crippen LogP contribution < -0.4 is 0 Å². The first kappa shape index (κ1) is 9.37. The molecule has 0 spiro atoms. The molecule has 0 unspecified atom stereocenters. The Labute approximate surface area is 49.8 Å². The first-order chi connectivity index (χ1) is 2.27. The van der Waals surface area contributed by atoms with Crippen molar-refractivity contribution in [2.24, 2.45) is 0 Å². The van der Waals surface area contributed by atoms with E-state index in [1.54, 1.807) is 0 Å². The maximum absolute atomic E-state index is 8.90. The number of hydrogen-bond donors (Lipinski definition) is 2. The van der Waals surface area contributed by atoms with Crippen LogP contribution in [0.15, 0.2) is 0 Å². The zero-order valence-electron chi connectivity index (χ0n) is 2.21. The monoisotopic (exact) mass is 104 g/mol. The second kappa shape index (κ2) is 5.00. The van der Waals surface area contributed by atoms with Gasteiger partial charge in [0.1, 0.15) is 0 Å². The molecule has 0 aliphatic rings. The van der Waals surface area contributed by atoms with E-state index in [9.17, 15) is 0 Å². The van der Waals surface area contributed by atoms with E-state index < -0.39 is 6.16 Å². The summed E-state index contributed by atoms with van der Waals surface area (Å²) < 4.78 is 0. The lowest BCUT2D eigenvalue weighted by molar-refractivity contribution is -0.194. The van der Waals surface area contributed by atoms with Crippen molar-refractivity contribution in [3.8, 4) is 0 Å². The summed E-state index contributed by atoms with van der Waals surface area (Å²) in [6, 6.07) is 0. The van der Waals surface area contributed by atoms with Crippen LogP contribution in [-0.2, 0) is 4.89 Å². The largest absolute Gasteiger partial charge is 0.537 e. The van der Waals surface area contributed by atoms with Gasteiger partial charge < -0.3 is 5.11 Å². The molecule has 34 valence electrons. The molecule has 0 amide bonds. The molecule has 0 rings (SSSR count). The molecule has 6 heavy (non-hydrogen) atoms. The molecule has 0 atom stereocenters. The molecule has 0 fully saturated rings. The van der Waals surface area contributed by atoms with Crippen LogP contribution in [0, 0.1) is 0 Å². The summed E-state index contributed by atoms with van der Waals surface area (Å²) >= 11 is 0. The molecule has 0 aromatic rings. The SMILES string of the molecule is O=C(O)OO.[MgH2]. The molecular formula is CH4MgO4. The predicted molar refractivity (Wildman–Crippen MR) is 20.3 cm³/mol. The Morgan fingerprint density at radius 2 is 1.83 bits per heavy atom. The number of carbonyl (C=O) groups is 1. The molecule has 5 heteroatoms. The molecule has 0 aromatic carbocycles. The standard InChI is InChI=1S/CH2O4.Mg.2H/c2-1(3)5-4;;;/h4H,(H,2,3);;;. The Hall–Kier alpha value is -0.00377. The van der Waals surface area contributed by atoms with Gasteiger partial charge in [0.05, 0.1) is 0 Å². The van der Waals surface area contributed by atoms with Crippen molar-refractivity contribution in [1.29, 1.82) is 0 Å². The van der Waals surface area contributed by atoms with Gasteiger partial charge in [0, 0.05) is 0 Å². The third kappa shape index (κ3) is 9.00. The second-order valence-electron chi connectivity index (χ2n) is 0.357. The first-order valence-electron chi connectivity index (χ1n) is 0.814. The minimum Gasteiger partial charge on any atom is -0.448 e. The third-order valence-electron chi connectivity index (χ3n) is 0.0781. The van der Waals surface area contributed by atoms with Crippen LogP contribution in [0.1, 0.15) is 0 Å². The minimum atomic E-state index is -1.69. The van der Waals surface area contributed by atoms with Crippen LogP contribution in [0.4, 0.5) is 4.79 Å². The predicted octanol–water partition coefficient (Wildman–Crippen LogP) is -0.762. The molecule has 0 radical (unpaired) electrons. The van der Waals surface area contributed by atoms with E-state index in [0.29, 0.717) is 0 Å². The second-order valence-corrected chi connectivity index (χ2v) is 0.357. The van der Waals surface area contributed by atoms with Gasteiger partial charge in [-0.25, -0.2) is 4.79 Å². The lowest BCUT2D eigenvalue weighted by Crippen LogP contribution is -1.91. The molecule has 0 saturated carbocycles. The van der Waals surface area contributed by atoms with Gasteiger partial charge in [-0.05, 0) is 0 Å². The van der Waals surface area contributed by atoms with Gasteiger partial charge in [0.15, 0.2) is 0 Å². The molecule has 4 nitrogen and oxygen atoms in total. The van der Waals surface area contributed by atoms with Crippen molar-refractivity contribution >= 4 is 29.2 Å². The van der Waals surface area contributed by atoms with Crippen molar-refractivity contribution in [2.45, 2.75) is 0 Å². The highest BCUT2D eigenvalue weighted by Gasteiger charge is 1.84. The number of hydrogen-bond acceptors (Lipinski definition) is 3. The highest BCUT2D eigenvalue weighted by molar-refractivity contribution is 5.75. The van der Waals surface area contributed by atoms with Gasteiger partial charge >= 0.3 is 29.2 Å². The fraction of sp³-hybridized carbons (Fsp3) is 0. The minimum absolute atomic E-state index is 0. The maximum atomic E-state index is 8.90. The molecule has 0 heterocycles. The van der Waals surface area contributed by atoms with E-state index in [1.165, 1.54) is 0 Å². The average Bonchev–Trinajstić information content (AvgIpc) is 1.38. The Morgan fingerprint density at radius 1 is 1.67 bits per heavy atom. The summed E-state index contributed by atoms with van der Waals surface area (Å²) in [6.45, 7) is 0. The van der Waals surface area contributed by atoms with Crippen LogP contribution in [-0.4, -0.2) is 39.6 Å². The van der Waals surface area contributed by atoms with Crippen molar-refractivity contribution in [3.05, 3.63) is 0 Å². The van der Waals surface area contributed by atoms with E-state index in [-0.39, 0.29) is 23.1 Å². The molecule has 0 aliphatic heterocycles. The van der Waals surface area contributed by atoms with E-state index in [2.05, 4.69) is 4.89 Å². The smallest absolute Gasteiger partial charge is 0.448 e. The van der Waals surface area contributed by atoms with Gasteiger partial charge in [-0.2, -0.15) is 5.26 Å². The van der Waals surface area contributed by atoms with Crippen LogP contribution in [0.2, 0.25) is 0 Å². The van der Waals surface area contributed by atoms with Gasteiger partial charge in [-0.15, -0.1) is 0 Å². The van der Waals surface area contributed by atoms with Crippen molar-refractivity contribution in [1.82, 2.24) is 0 Å². The number of rotatable bonds is 0. The van der Waals surface area contributed by atoms with E-state index in [1.807, 2.05) is 0 Å². The molecule has 0 saturated heterocycles. The summed E-state index contributed by atoms with van der Waals surface area (Å²) in [4.78, 5) is 11.6. The zero-order valence-corrected chi connectivity index (χ0v) is 2.21. The van der Waals surface area contributed by atoms with E-state index in [0.717, 1.165) is 0 Å². The van der Waals surface area contributed by atoms with E-state index in [4.69, 9.17) is 15.2 Å². The highest BCUT2D eigenvalue weighted by Crippen LogP contribution is 1.59. The van der Waals surface area contributed by atoms with Crippen LogP contribution in [0.25, 0.3) is 0 Å². The summed E-state index contributed by atoms with van der Waals surface area (Å²) in [7, 11) is 0. The third-order valence-corrected chi connectivity index (χ3v) is 0.0781. The van der Waals surface area contributed by atoms with Crippen molar-refractivity contribution in [3.63, 3.8) is 0 Å². The van der Waals surface area contributed by atoms with Crippen LogP contribution in [0.5, 0.6) is 0 Å². The van der Waals surface area contributed by atoms with E-state index >= 15 is 0 Å². The lowest BCUT2D eigenvalue weighted by Gasteiger charge is -1.75. The summed E-state index contributed by atoms with van der Waals surface area (Å²) in [5.74, 6) is 0. The fourth-order valence-corrected chi connectivity index (χ4v) is 0. The Kier molecular flexibility index (Phi) is 7.80. The Bertz CT molecular complexity index is 42.8. The zero-order chi connectivity index (χ0) is 4.28. The topological polar surface area (TPSA) is 66.8 Å². The number of carboxylic acid groups (broad SMARTS) is 1. The molecular weight excluding hydrogens is 100 g/mol. The molecule has 2 N–H and O–H groups in total. The maximum Gasteiger partial charge on any atom is 0.537 e. The van der Waals surface area contributed by atoms with Crippen LogP contribution >= 0.6 is 0 Å². The Balaban J connectivity index is 0. The van der Waals surface area contributed by atoms with Crippen molar-refractivity contribution < 1.29 is 20.0 Å². The summed E-state index contributed by atoms with van der Waals surface area (Å²) in [5.41, 5.74) is 0. The van der Waals surface area contributed by atoms with Gasteiger partial charge in [0.2, 0.25) is 0 Å². The molecule has 0 aromatic heterocycles. The van der Waals surface area contributed by atoms with Gasteiger partial charge in [-0.3, -0.25) is 4.89 Å². The lowest BCUT2D eigenvalue weighted by atomic mass is 11.5. The first-order valence-corrected chi connectivity index (χ1v) is 0.814. The summed E-state index contributed by atoms with van der Waals surface area (Å²) in [5, 5.41) is 14.3.